The lowest BCUT2D eigenvalue weighted by atomic mass is 10.1. The van der Waals surface area contributed by atoms with Crippen molar-refractivity contribution in [2.45, 2.75) is 39.3 Å². The standard InChI is InChI=1S/C17H26N2O2/c1-3-15(4-2)19-9-7-18(8-10-19)12-14-5-6-16-17(11-14)21-13-20-16/h5-6,11,15H,3-4,7-10,12-13H2,1-2H3/p+2. The number of nitrogens with one attached hydrogen (secondary N) is 2. The highest BCUT2D eigenvalue weighted by Gasteiger charge is 2.27. The molecular weight excluding hydrogens is 264 g/mol. The summed E-state index contributed by atoms with van der Waals surface area (Å²) in [7, 11) is 0. The average molecular weight is 292 g/mol. The number of quaternary nitrogens is 2. The minimum absolute atomic E-state index is 0.364. The van der Waals surface area contributed by atoms with Gasteiger partial charge in [0.2, 0.25) is 6.79 Å². The normalized spacial score (nSPS) is 24.5. The number of hydrogen-bond acceptors (Lipinski definition) is 2. The molecule has 2 heterocycles. The van der Waals surface area contributed by atoms with Crippen molar-refractivity contribution >= 4 is 0 Å². The Morgan fingerprint density at radius 2 is 1.71 bits per heavy atom. The van der Waals surface area contributed by atoms with Crippen molar-refractivity contribution in [1.29, 1.82) is 0 Å². The van der Waals surface area contributed by atoms with Crippen LogP contribution >= 0.6 is 0 Å². The topological polar surface area (TPSA) is 27.3 Å². The van der Waals surface area contributed by atoms with Gasteiger partial charge in [0, 0.05) is 5.56 Å². The molecule has 0 radical (unpaired) electrons. The van der Waals surface area contributed by atoms with Gasteiger partial charge in [-0.05, 0) is 31.0 Å². The van der Waals surface area contributed by atoms with Gasteiger partial charge in [-0.15, -0.1) is 0 Å². The fourth-order valence-corrected chi connectivity index (χ4v) is 3.72. The lowest BCUT2D eigenvalue weighted by Gasteiger charge is -2.34. The first-order chi connectivity index (χ1) is 10.3. The summed E-state index contributed by atoms with van der Waals surface area (Å²) in [5.74, 6) is 1.80. The van der Waals surface area contributed by atoms with E-state index in [0.29, 0.717) is 6.79 Å². The Hall–Kier alpha value is -1.26. The zero-order valence-electron chi connectivity index (χ0n) is 13.3. The van der Waals surface area contributed by atoms with Crippen molar-refractivity contribution in [3.63, 3.8) is 0 Å². The second kappa shape index (κ2) is 6.67. The van der Waals surface area contributed by atoms with E-state index >= 15 is 0 Å². The summed E-state index contributed by atoms with van der Waals surface area (Å²) in [4.78, 5) is 3.51. The Balaban J connectivity index is 1.53. The molecule has 4 heteroatoms. The molecule has 2 aliphatic heterocycles. The summed E-state index contributed by atoms with van der Waals surface area (Å²) in [6, 6.07) is 7.23. The molecule has 0 atom stereocenters. The van der Waals surface area contributed by atoms with E-state index in [-0.39, 0.29) is 0 Å². The molecule has 2 N–H and O–H groups in total. The molecule has 0 saturated carbocycles. The van der Waals surface area contributed by atoms with Crippen molar-refractivity contribution < 1.29 is 19.3 Å². The molecule has 1 aromatic carbocycles. The third kappa shape index (κ3) is 3.33. The van der Waals surface area contributed by atoms with E-state index < -0.39 is 0 Å². The number of rotatable bonds is 5. The van der Waals surface area contributed by atoms with E-state index in [4.69, 9.17) is 9.47 Å². The van der Waals surface area contributed by atoms with E-state index in [0.717, 1.165) is 24.1 Å². The monoisotopic (exact) mass is 292 g/mol. The van der Waals surface area contributed by atoms with Gasteiger partial charge in [-0.25, -0.2) is 0 Å². The van der Waals surface area contributed by atoms with E-state index in [9.17, 15) is 0 Å². The first-order valence-electron chi connectivity index (χ1n) is 8.36. The maximum Gasteiger partial charge on any atom is 0.231 e. The van der Waals surface area contributed by atoms with Crippen LogP contribution in [0.3, 0.4) is 0 Å². The third-order valence-electron chi connectivity index (χ3n) is 5.05. The number of piperazine rings is 1. The number of hydrogen-bond donors (Lipinski definition) is 2. The third-order valence-corrected chi connectivity index (χ3v) is 5.05. The fraction of sp³-hybridized carbons (Fsp3) is 0.647. The van der Waals surface area contributed by atoms with Gasteiger partial charge in [0.15, 0.2) is 11.5 Å². The minimum Gasteiger partial charge on any atom is -0.454 e. The van der Waals surface area contributed by atoms with Crippen molar-refractivity contribution in [3.05, 3.63) is 23.8 Å². The van der Waals surface area contributed by atoms with Crippen molar-refractivity contribution in [2.75, 3.05) is 33.0 Å². The molecule has 1 saturated heterocycles. The maximum absolute atomic E-state index is 5.47. The molecule has 0 aliphatic carbocycles. The van der Waals surface area contributed by atoms with Gasteiger partial charge in [-0.1, -0.05) is 13.8 Å². The van der Waals surface area contributed by atoms with Crippen LogP contribution in [0.4, 0.5) is 0 Å². The lowest BCUT2D eigenvalue weighted by molar-refractivity contribution is -1.03. The molecule has 4 nitrogen and oxygen atoms in total. The smallest absolute Gasteiger partial charge is 0.231 e. The molecule has 0 unspecified atom stereocenters. The summed E-state index contributed by atoms with van der Waals surface area (Å²) in [5.41, 5.74) is 1.36. The number of fused-ring (bicyclic) bond motifs is 1. The van der Waals surface area contributed by atoms with Crippen LogP contribution in [0.25, 0.3) is 0 Å². The van der Waals surface area contributed by atoms with Gasteiger partial charge in [-0.3, -0.25) is 0 Å². The molecule has 116 valence electrons. The molecule has 2 aliphatic rings. The van der Waals surface area contributed by atoms with E-state index in [1.165, 1.54) is 44.6 Å². The van der Waals surface area contributed by atoms with Gasteiger partial charge in [0.1, 0.15) is 32.7 Å². The predicted octanol–water partition coefficient (Wildman–Crippen LogP) is -0.113. The van der Waals surface area contributed by atoms with Gasteiger partial charge < -0.3 is 19.3 Å². The van der Waals surface area contributed by atoms with Crippen molar-refractivity contribution in [2.24, 2.45) is 0 Å². The lowest BCUT2D eigenvalue weighted by Crippen LogP contribution is -3.29. The van der Waals surface area contributed by atoms with Crippen LogP contribution in [0.5, 0.6) is 11.5 Å². The maximum atomic E-state index is 5.47. The van der Waals surface area contributed by atoms with Crippen LogP contribution in [0.1, 0.15) is 32.3 Å². The second-order valence-electron chi connectivity index (χ2n) is 6.29. The van der Waals surface area contributed by atoms with Crippen LogP contribution < -0.4 is 19.3 Å². The summed E-state index contributed by atoms with van der Waals surface area (Å²) < 4.78 is 10.8. The first-order valence-corrected chi connectivity index (χ1v) is 8.36. The van der Waals surface area contributed by atoms with E-state index in [2.05, 4.69) is 26.0 Å². The fourth-order valence-electron chi connectivity index (χ4n) is 3.72. The molecule has 0 bridgehead atoms. The Kier molecular flexibility index (Phi) is 4.66. The quantitative estimate of drug-likeness (QED) is 0.792. The van der Waals surface area contributed by atoms with Crippen LogP contribution in [-0.4, -0.2) is 39.0 Å². The van der Waals surface area contributed by atoms with Crippen LogP contribution in [0.2, 0.25) is 0 Å². The van der Waals surface area contributed by atoms with E-state index in [1.807, 2.05) is 11.0 Å². The van der Waals surface area contributed by atoms with Crippen LogP contribution in [0, 0.1) is 0 Å². The zero-order chi connectivity index (χ0) is 14.7. The largest absolute Gasteiger partial charge is 0.454 e. The SMILES string of the molecule is CCC(CC)[NH+]1CC[NH+](Cc2ccc3c(c2)OCO3)CC1. The molecule has 0 amide bonds. The number of ether oxygens (including phenoxy) is 2. The van der Waals surface area contributed by atoms with Gasteiger partial charge in [-0.2, -0.15) is 0 Å². The van der Waals surface area contributed by atoms with Crippen molar-refractivity contribution in [1.82, 2.24) is 0 Å². The average Bonchev–Trinajstić information content (AvgIpc) is 2.98. The highest BCUT2D eigenvalue weighted by Crippen LogP contribution is 2.32. The van der Waals surface area contributed by atoms with E-state index in [1.54, 1.807) is 4.90 Å². The Labute approximate surface area is 127 Å². The minimum atomic E-state index is 0.364. The molecule has 1 aromatic rings. The van der Waals surface area contributed by atoms with Gasteiger partial charge in [0.25, 0.3) is 0 Å². The summed E-state index contributed by atoms with van der Waals surface area (Å²) in [5, 5.41) is 0. The molecule has 21 heavy (non-hydrogen) atoms. The Morgan fingerprint density at radius 1 is 1.00 bits per heavy atom. The predicted molar refractivity (Wildman–Crippen MR) is 82.0 cm³/mol. The van der Waals surface area contributed by atoms with Gasteiger partial charge >= 0.3 is 0 Å². The summed E-state index contributed by atoms with van der Waals surface area (Å²) in [6.07, 6.45) is 2.62. The Morgan fingerprint density at radius 3 is 2.43 bits per heavy atom. The van der Waals surface area contributed by atoms with Crippen LogP contribution in [0.15, 0.2) is 18.2 Å². The molecule has 0 aromatic heterocycles. The van der Waals surface area contributed by atoms with Crippen molar-refractivity contribution in [3.8, 4) is 11.5 Å². The number of benzene rings is 1. The molecular formula is C17H28N2O2+2. The van der Waals surface area contributed by atoms with Gasteiger partial charge in [0.05, 0.1) is 6.04 Å². The zero-order valence-corrected chi connectivity index (χ0v) is 13.3. The first kappa shape index (κ1) is 14.7. The highest BCUT2D eigenvalue weighted by molar-refractivity contribution is 5.44. The Bertz CT molecular complexity index is 466. The summed E-state index contributed by atoms with van der Waals surface area (Å²) in [6.45, 7) is 11.3. The molecule has 3 rings (SSSR count). The summed E-state index contributed by atoms with van der Waals surface area (Å²) >= 11 is 0. The molecule has 1 fully saturated rings. The van der Waals surface area contributed by atoms with Crippen LogP contribution in [-0.2, 0) is 6.54 Å². The second-order valence-corrected chi connectivity index (χ2v) is 6.29. The molecule has 0 spiro atoms. The highest BCUT2D eigenvalue weighted by atomic mass is 16.7.